The van der Waals surface area contributed by atoms with E-state index in [4.69, 9.17) is 10.7 Å². The minimum absolute atomic E-state index is 0.0889. The highest BCUT2D eigenvalue weighted by atomic mass is 32.1. The van der Waals surface area contributed by atoms with Crippen molar-refractivity contribution in [1.82, 2.24) is 14.8 Å². The van der Waals surface area contributed by atoms with Crippen molar-refractivity contribution in [2.75, 3.05) is 33.2 Å². The number of aromatic nitrogens is 1. The van der Waals surface area contributed by atoms with Gasteiger partial charge in [-0.05, 0) is 7.05 Å². The molecular weight excluding hydrogens is 256 g/mol. The van der Waals surface area contributed by atoms with E-state index >= 15 is 0 Å². The van der Waals surface area contributed by atoms with Crippen LogP contribution in [0, 0.1) is 0 Å². The third-order valence-electron chi connectivity index (χ3n) is 3.59. The van der Waals surface area contributed by atoms with Crippen molar-refractivity contribution >= 4 is 11.3 Å². The average molecular weight is 282 g/mol. The van der Waals surface area contributed by atoms with Crippen LogP contribution in [-0.2, 0) is 18.5 Å². The van der Waals surface area contributed by atoms with Crippen molar-refractivity contribution in [2.24, 2.45) is 5.73 Å². The first-order chi connectivity index (χ1) is 8.90. The van der Waals surface area contributed by atoms with Crippen LogP contribution in [-0.4, -0.2) is 48.0 Å². The molecule has 0 atom stereocenters. The zero-order chi connectivity index (χ0) is 14.0. The number of thiazole rings is 1. The van der Waals surface area contributed by atoms with Crippen LogP contribution in [0.4, 0.5) is 0 Å². The first-order valence-electron chi connectivity index (χ1n) is 7.00. The molecule has 0 saturated carbocycles. The second kappa shape index (κ2) is 5.87. The van der Waals surface area contributed by atoms with E-state index in [1.54, 1.807) is 11.3 Å². The molecule has 0 spiro atoms. The van der Waals surface area contributed by atoms with Gasteiger partial charge in [0.1, 0.15) is 5.01 Å². The summed E-state index contributed by atoms with van der Waals surface area (Å²) in [7, 11) is 2.19. The van der Waals surface area contributed by atoms with E-state index in [1.165, 1.54) is 15.6 Å². The fourth-order valence-corrected chi connectivity index (χ4v) is 3.59. The predicted molar refractivity (Wildman–Crippen MR) is 81.5 cm³/mol. The van der Waals surface area contributed by atoms with Crippen molar-refractivity contribution in [1.29, 1.82) is 0 Å². The molecule has 2 heterocycles. The maximum absolute atomic E-state index is 5.86. The molecule has 0 amide bonds. The molecule has 0 bridgehead atoms. The molecule has 1 aliphatic heterocycles. The number of likely N-dealkylation sites (N-methyl/N-ethyl adjacent to an activating group) is 1. The number of nitrogens with zero attached hydrogens (tertiary/aromatic N) is 3. The summed E-state index contributed by atoms with van der Waals surface area (Å²) in [4.78, 5) is 11.0. The number of hydrogen-bond donors (Lipinski definition) is 1. The summed E-state index contributed by atoms with van der Waals surface area (Å²) in [5.41, 5.74) is 7.14. The molecule has 1 aliphatic rings. The Balaban J connectivity index is 2.07. The quantitative estimate of drug-likeness (QED) is 0.915. The zero-order valence-corrected chi connectivity index (χ0v) is 13.4. The highest BCUT2D eigenvalue weighted by Crippen LogP contribution is 2.29. The SMILES string of the molecule is CN1CCN(Cc2nc(C(C)(C)C)c(CN)s2)CC1. The number of hydrogen-bond acceptors (Lipinski definition) is 5. The molecule has 4 nitrogen and oxygen atoms in total. The lowest BCUT2D eigenvalue weighted by Crippen LogP contribution is -2.43. The summed E-state index contributed by atoms with van der Waals surface area (Å²) in [5.74, 6) is 0. The second-order valence-corrected chi connectivity index (χ2v) is 7.58. The third kappa shape index (κ3) is 3.75. The first kappa shape index (κ1) is 14.9. The van der Waals surface area contributed by atoms with Gasteiger partial charge in [0.2, 0.25) is 0 Å². The summed E-state index contributed by atoms with van der Waals surface area (Å²) >= 11 is 1.79. The lowest BCUT2D eigenvalue weighted by molar-refractivity contribution is 0.148. The Kier molecular flexibility index (Phi) is 4.61. The van der Waals surface area contributed by atoms with E-state index in [2.05, 4.69) is 37.6 Å². The van der Waals surface area contributed by atoms with Gasteiger partial charge in [-0.1, -0.05) is 20.8 Å². The standard InChI is InChI=1S/C14H26N4S/c1-14(2,3)13-11(9-15)19-12(16-13)10-18-7-5-17(4)6-8-18/h5-10,15H2,1-4H3. The monoisotopic (exact) mass is 282 g/mol. The van der Waals surface area contributed by atoms with Crippen LogP contribution in [0.3, 0.4) is 0 Å². The van der Waals surface area contributed by atoms with Gasteiger partial charge in [-0.2, -0.15) is 0 Å². The molecule has 1 saturated heterocycles. The zero-order valence-electron chi connectivity index (χ0n) is 12.6. The Morgan fingerprint density at radius 2 is 1.84 bits per heavy atom. The molecule has 0 unspecified atom stereocenters. The molecule has 108 valence electrons. The molecule has 0 radical (unpaired) electrons. The van der Waals surface area contributed by atoms with Crippen LogP contribution in [0.1, 0.15) is 36.3 Å². The molecule has 5 heteroatoms. The van der Waals surface area contributed by atoms with Crippen LogP contribution in [0.5, 0.6) is 0 Å². The maximum atomic E-state index is 5.86. The summed E-state index contributed by atoms with van der Waals surface area (Å²) in [5, 5.41) is 1.22. The van der Waals surface area contributed by atoms with Gasteiger partial charge in [-0.3, -0.25) is 4.90 Å². The minimum Gasteiger partial charge on any atom is -0.326 e. The maximum Gasteiger partial charge on any atom is 0.107 e. The Morgan fingerprint density at radius 3 is 2.32 bits per heavy atom. The van der Waals surface area contributed by atoms with Crippen molar-refractivity contribution < 1.29 is 0 Å². The lowest BCUT2D eigenvalue weighted by Gasteiger charge is -2.31. The summed E-state index contributed by atoms with van der Waals surface area (Å²) in [6.07, 6.45) is 0. The lowest BCUT2D eigenvalue weighted by atomic mass is 9.91. The van der Waals surface area contributed by atoms with Crippen molar-refractivity contribution in [3.05, 3.63) is 15.6 Å². The number of piperazine rings is 1. The average Bonchev–Trinajstić information content (AvgIpc) is 2.75. The fraction of sp³-hybridized carbons (Fsp3) is 0.786. The molecule has 1 aromatic heterocycles. The number of rotatable bonds is 3. The first-order valence-corrected chi connectivity index (χ1v) is 7.82. The van der Waals surface area contributed by atoms with Crippen LogP contribution < -0.4 is 5.73 Å². The van der Waals surface area contributed by atoms with E-state index in [1.807, 2.05) is 0 Å². The van der Waals surface area contributed by atoms with Gasteiger partial charge in [-0.25, -0.2) is 4.98 Å². The van der Waals surface area contributed by atoms with E-state index in [-0.39, 0.29) is 5.41 Å². The Labute approximate surface area is 120 Å². The molecule has 2 rings (SSSR count). The molecule has 2 N–H and O–H groups in total. The van der Waals surface area contributed by atoms with E-state index < -0.39 is 0 Å². The Hall–Kier alpha value is -0.490. The minimum atomic E-state index is 0.0889. The normalized spacial score (nSPS) is 19.0. The summed E-state index contributed by atoms with van der Waals surface area (Å²) in [6, 6.07) is 0. The molecule has 1 fully saturated rings. The highest BCUT2D eigenvalue weighted by Gasteiger charge is 2.23. The van der Waals surface area contributed by atoms with Gasteiger partial charge in [0.25, 0.3) is 0 Å². The largest absolute Gasteiger partial charge is 0.326 e. The molecule has 19 heavy (non-hydrogen) atoms. The molecule has 0 aromatic carbocycles. The van der Waals surface area contributed by atoms with Gasteiger partial charge < -0.3 is 10.6 Å². The molecule has 1 aromatic rings. The molecule has 0 aliphatic carbocycles. The van der Waals surface area contributed by atoms with Crippen LogP contribution >= 0.6 is 11.3 Å². The topological polar surface area (TPSA) is 45.4 Å². The smallest absolute Gasteiger partial charge is 0.107 e. The van der Waals surface area contributed by atoms with Crippen molar-refractivity contribution in [3.8, 4) is 0 Å². The second-order valence-electron chi connectivity index (χ2n) is 6.41. The molecular formula is C14H26N4S. The van der Waals surface area contributed by atoms with Gasteiger partial charge in [0, 0.05) is 43.0 Å². The van der Waals surface area contributed by atoms with E-state index in [9.17, 15) is 0 Å². The van der Waals surface area contributed by atoms with E-state index in [0.717, 1.165) is 32.7 Å². The third-order valence-corrected chi connectivity index (χ3v) is 4.65. The van der Waals surface area contributed by atoms with Crippen LogP contribution in [0.2, 0.25) is 0 Å². The van der Waals surface area contributed by atoms with Crippen molar-refractivity contribution in [3.63, 3.8) is 0 Å². The van der Waals surface area contributed by atoms with Crippen LogP contribution in [0.15, 0.2) is 0 Å². The van der Waals surface area contributed by atoms with Gasteiger partial charge in [0.15, 0.2) is 0 Å². The Morgan fingerprint density at radius 1 is 1.21 bits per heavy atom. The number of nitrogens with two attached hydrogens (primary N) is 1. The van der Waals surface area contributed by atoms with Gasteiger partial charge in [0.05, 0.1) is 12.2 Å². The summed E-state index contributed by atoms with van der Waals surface area (Å²) < 4.78 is 0. The summed E-state index contributed by atoms with van der Waals surface area (Å²) in [6.45, 7) is 12.8. The van der Waals surface area contributed by atoms with Gasteiger partial charge in [-0.15, -0.1) is 11.3 Å². The van der Waals surface area contributed by atoms with Crippen LogP contribution in [0.25, 0.3) is 0 Å². The van der Waals surface area contributed by atoms with E-state index in [0.29, 0.717) is 6.54 Å². The highest BCUT2D eigenvalue weighted by molar-refractivity contribution is 7.11. The Bertz CT molecular complexity index is 414. The van der Waals surface area contributed by atoms with Crippen molar-refractivity contribution in [2.45, 2.75) is 39.3 Å². The predicted octanol–water partition coefficient (Wildman–Crippen LogP) is 1.65. The fourth-order valence-electron chi connectivity index (χ4n) is 2.39. The van der Waals surface area contributed by atoms with Gasteiger partial charge >= 0.3 is 0 Å².